The maximum absolute atomic E-state index is 11.0. The maximum atomic E-state index is 11.0. The molecule has 2 N–H and O–H groups in total. The van der Waals surface area contributed by atoms with Gasteiger partial charge in [0.1, 0.15) is 0 Å². The Labute approximate surface area is 87.2 Å². The van der Waals surface area contributed by atoms with Gasteiger partial charge < -0.3 is 5.73 Å². The lowest BCUT2D eigenvalue weighted by Crippen LogP contribution is -2.30. The zero-order chi connectivity index (χ0) is 10.7. The van der Waals surface area contributed by atoms with Gasteiger partial charge in [0.15, 0.2) is 0 Å². The summed E-state index contributed by atoms with van der Waals surface area (Å²) in [6.45, 7) is 6.90. The zero-order valence-electron chi connectivity index (χ0n) is 9.62. The molecular formula is C12H23NO. The van der Waals surface area contributed by atoms with Crippen LogP contribution in [0.1, 0.15) is 46.5 Å². The highest BCUT2D eigenvalue weighted by molar-refractivity contribution is 5.76. The minimum Gasteiger partial charge on any atom is -0.369 e. The van der Waals surface area contributed by atoms with E-state index in [9.17, 15) is 4.79 Å². The van der Waals surface area contributed by atoms with Crippen LogP contribution in [0.2, 0.25) is 0 Å². The van der Waals surface area contributed by atoms with Gasteiger partial charge in [-0.3, -0.25) is 4.79 Å². The fourth-order valence-electron chi connectivity index (χ4n) is 2.47. The molecule has 1 saturated carbocycles. The van der Waals surface area contributed by atoms with Gasteiger partial charge in [-0.25, -0.2) is 0 Å². The molecule has 0 radical (unpaired) electrons. The molecule has 2 nitrogen and oxygen atoms in total. The molecule has 0 aromatic heterocycles. The van der Waals surface area contributed by atoms with Gasteiger partial charge in [-0.1, -0.05) is 20.8 Å². The minimum atomic E-state index is -0.0966. The topological polar surface area (TPSA) is 43.1 Å². The molecule has 1 amide bonds. The van der Waals surface area contributed by atoms with Crippen molar-refractivity contribution in [2.24, 2.45) is 29.4 Å². The van der Waals surface area contributed by atoms with Crippen molar-refractivity contribution in [1.29, 1.82) is 0 Å². The van der Waals surface area contributed by atoms with Gasteiger partial charge in [-0.15, -0.1) is 0 Å². The Morgan fingerprint density at radius 3 is 2.00 bits per heavy atom. The quantitative estimate of drug-likeness (QED) is 0.742. The second-order valence-electron chi connectivity index (χ2n) is 5.12. The number of rotatable bonds is 3. The summed E-state index contributed by atoms with van der Waals surface area (Å²) in [7, 11) is 0. The van der Waals surface area contributed by atoms with E-state index in [2.05, 4.69) is 20.8 Å². The lowest BCUT2D eigenvalue weighted by Gasteiger charge is -2.32. The Balaban J connectivity index is 2.39. The summed E-state index contributed by atoms with van der Waals surface area (Å²) in [6.07, 6.45) is 4.40. The molecule has 0 heterocycles. The molecule has 0 bridgehead atoms. The predicted octanol–water partition coefficient (Wildman–Crippen LogP) is 2.57. The Kier molecular flexibility index (Phi) is 3.97. The Bertz CT molecular complexity index is 192. The minimum absolute atomic E-state index is 0.0966. The molecule has 14 heavy (non-hydrogen) atoms. The third kappa shape index (κ3) is 2.73. The van der Waals surface area contributed by atoms with Crippen LogP contribution in [0.3, 0.4) is 0 Å². The molecule has 0 aromatic carbocycles. The normalized spacial score (nSPS) is 30.3. The smallest absolute Gasteiger partial charge is 0.220 e. The Morgan fingerprint density at radius 2 is 1.64 bits per heavy atom. The SMILES string of the molecule is CC(C)C(C)C1CCC(C(N)=O)CC1. The van der Waals surface area contributed by atoms with Crippen LogP contribution >= 0.6 is 0 Å². The van der Waals surface area contributed by atoms with Gasteiger partial charge in [0.25, 0.3) is 0 Å². The van der Waals surface area contributed by atoms with Gasteiger partial charge in [0.2, 0.25) is 5.91 Å². The molecule has 2 heteroatoms. The van der Waals surface area contributed by atoms with Crippen LogP contribution in [0.15, 0.2) is 0 Å². The van der Waals surface area contributed by atoms with Crippen LogP contribution in [0, 0.1) is 23.7 Å². The van der Waals surface area contributed by atoms with Crippen LogP contribution in [-0.2, 0) is 4.79 Å². The molecule has 0 aliphatic heterocycles. The summed E-state index contributed by atoms with van der Waals surface area (Å²) >= 11 is 0. The first-order valence-electron chi connectivity index (χ1n) is 5.81. The van der Waals surface area contributed by atoms with Gasteiger partial charge in [-0.2, -0.15) is 0 Å². The summed E-state index contributed by atoms with van der Waals surface area (Å²) in [6, 6.07) is 0. The number of hydrogen-bond donors (Lipinski definition) is 1. The van der Waals surface area contributed by atoms with Crippen molar-refractivity contribution >= 4 is 5.91 Å². The highest BCUT2D eigenvalue weighted by atomic mass is 16.1. The zero-order valence-corrected chi connectivity index (χ0v) is 9.62. The van der Waals surface area contributed by atoms with E-state index < -0.39 is 0 Å². The van der Waals surface area contributed by atoms with E-state index in [0.29, 0.717) is 0 Å². The van der Waals surface area contributed by atoms with Gasteiger partial charge in [0.05, 0.1) is 0 Å². The summed E-state index contributed by atoms with van der Waals surface area (Å²) in [5.41, 5.74) is 5.31. The first-order chi connectivity index (χ1) is 6.52. The predicted molar refractivity (Wildman–Crippen MR) is 58.6 cm³/mol. The van der Waals surface area contributed by atoms with E-state index >= 15 is 0 Å². The summed E-state index contributed by atoms with van der Waals surface area (Å²) < 4.78 is 0. The molecule has 1 fully saturated rings. The number of primary amides is 1. The van der Waals surface area contributed by atoms with E-state index in [1.54, 1.807) is 0 Å². The van der Waals surface area contributed by atoms with Crippen LogP contribution in [0.5, 0.6) is 0 Å². The van der Waals surface area contributed by atoms with E-state index in [0.717, 1.165) is 30.6 Å². The van der Waals surface area contributed by atoms with Crippen molar-refractivity contribution in [2.75, 3.05) is 0 Å². The molecule has 82 valence electrons. The fourth-order valence-corrected chi connectivity index (χ4v) is 2.47. The van der Waals surface area contributed by atoms with Crippen molar-refractivity contribution in [3.8, 4) is 0 Å². The highest BCUT2D eigenvalue weighted by Gasteiger charge is 2.28. The van der Waals surface area contributed by atoms with Crippen molar-refractivity contribution < 1.29 is 4.79 Å². The standard InChI is InChI=1S/C12H23NO/c1-8(2)9(3)10-4-6-11(7-5-10)12(13)14/h8-11H,4-7H2,1-3H3,(H2,13,14). The second-order valence-corrected chi connectivity index (χ2v) is 5.12. The third-order valence-corrected chi connectivity index (χ3v) is 3.97. The summed E-state index contributed by atoms with van der Waals surface area (Å²) in [5, 5.41) is 0. The lowest BCUT2D eigenvalue weighted by atomic mass is 9.73. The van der Waals surface area contributed by atoms with Gasteiger partial charge in [-0.05, 0) is 43.4 Å². The largest absolute Gasteiger partial charge is 0.369 e. The van der Waals surface area contributed by atoms with Crippen molar-refractivity contribution in [1.82, 2.24) is 0 Å². The van der Waals surface area contributed by atoms with Gasteiger partial charge >= 0.3 is 0 Å². The van der Waals surface area contributed by atoms with Crippen LogP contribution in [-0.4, -0.2) is 5.91 Å². The molecule has 1 unspecified atom stereocenters. The van der Waals surface area contributed by atoms with E-state index in [1.165, 1.54) is 12.8 Å². The fraction of sp³-hybridized carbons (Fsp3) is 0.917. The first-order valence-corrected chi connectivity index (χ1v) is 5.81. The number of carbonyl (C=O) groups is 1. The van der Waals surface area contributed by atoms with E-state index in [1.807, 2.05) is 0 Å². The van der Waals surface area contributed by atoms with Crippen LogP contribution < -0.4 is 5.73 Å². The van der Waals surface area contributed by atoms with E-state index in [4.69, 9.17) is 5.73 Å². The monoisotopic (exact) mass is 197 g/mol. The van der Waals surface area contributed by atoms with Crippen molar-refractivity contribution in [2.45, 2.75) is 46.5 Å². The average molecular weight is 197 g/mol. The summed E-state index contributed by atoms with van der Waals surface area (Å²) in [5.74, 6) is 2.41. The number of amides is 1. The van der Waals surface area contributed by atoms with E-state index in [-0.39, 0.29) is 11.8 Å². The molecule has 0 spiro atoms. The molecular weight excluding hydrogens is 174 g/mol. The highest BCUT2D eigenvalue weighted by Crippen LogP contribution is 2.35. The average Bonchev–Trinajstić information content (AvgIpc) is 2.16. The number of carbonyl (C=O) groups excluding carboxylic acids is 1. The summed E-state index contributed by atoms with van der Waals surface area (Å²) in [4.78, 5) is 11.0. The van der Waals surface area contributed by atoms with Gasteiger partial charge in [0, 0.05) is 5.92 Å². The molecule has 1 aliphatic carbocycles. The van der Waals surface area contributed by atoms with Crippen molar-refractivity contribution in [3.05, 3.63) is 0 Å². The molecule has 1 atom stereocenters. The lowest BCUT2D eigenvalue weighted by molar-refractivity contribution is -0.123. The Hall–Kier alpha value is -0.530. The van der Waals surface area contributed by atoms with Crippen LogP contribution in [0.4, 0.5) is 0 Å². The molecule has 0 aromatic rings. The first kappa shape index (κ1) is 11.5. The molecule has 0 saturated heterocycles. The number of hydrogen-bond acceptors (Lipinski definition) is 1. The third-order valence-electron chi connectivity index (χ3n) is 3.97. The van der Waals surface area contributed by atoms with Crippen molar-refractivity contribution in [3.63, 3.8) is 0 Å². The van der Waals surface area contributed by atoms with Crippen LogP contribution in [0.25, 0.3) is 0 Å². The second kappa shape index (κ2) is 4.81. The molecule has 1 aliphatic rings. The molecule has 1 rings (SSSR count). The Morgan fingerprint density at radius 1 is 1.14 bits per heavy atom. The number of nitrogens with two attached hydrogens (primary N) is 1. The maximum Gasteiger partial charge on any atom is 0.220 e.